The largest absolute Gasteiger partial charge is 0.379 e. The van der Waals surface area contributed by atoms with Crippen molar-refractivity contribution in [2.75, 3.05) is 44.8 Å². The van der Waals surface area contributed by atoms with E-state index in [1.165, 1.54) is 0 Å². The summed E-state index contributed by atoms with van der Waals surface area (Å²) < 4.78 is 11.0. The molecular formula is C17H27N5O3. The van der Waals surface area contributed by atoms with E-state index in [4.69, 9.17) is 9.47 Å². The van der Waals surface area contributed by atoms with Gasteiger partial charge in [0.1, 0.15) is 6.54 Å². The lowest BCUT2D eigenvalue weighted by atomic mass is 10.3. The molecule has 25 heavy (non-hydrogen) atoms. The molecule has 2 rings (SSSR count). The Morgan fingerprint density at radius 3 is 3.12 bits per heavy atom. The molecule has 1 fully saturated rings. The molecule has 138 valence electrons. The van der Waals surface area contributed by atoms with Crippen molar-refractivity contribution in [1.29, 1.82) is 0 Å². The number of anilines is 1. The summed E-state index contributed by atoms with van der Waals surface area (Å²) in [6.07, 6.45) is 5.33. The number of amides is 1. The van der Waals surface area contributed by atoms with Gasteiger partial charge in [-0.15, -0.1) is 0 Å². The van der Waals surface area contributed by atoms with Crippen LogP contribution in [-0.4, -0.2) is 62.4 Å². The molecule has 0 bridgehead atoms. The highest BCUT2D eigenvalue weighted by molar-refractivity contribution is 5.93. The van der Waals surface area contributed by atoms with Gasteiger partial charge in [0.15, 0.2) is 5.96 Å². The molecule has 2 heterocycles. The Morgan fingerprint density at radius 1 is 1.48 bits per heavy atom. The number of nitrogens with zero attached hydrogens (tertiary/aromatic N) is 2. The zero-order valence-corrected chi connectivity index (χ0v) is 14.7. The maximum atomic E-state index is 11.9. The van der Waals surface area contributed by atoms with E-state index < -0.39 is 0 Å². The molecule has 0 saturated carbocycles. The first-order valence-corrected chi connectivity index (χ1v) is 8.69. The van der Waals surface area contributed by atoms with Gasteiger partial charge in [0.2, 0.25) is 5.91 Å². The van der Waals surface area contributed by atoms with Crippen molar-refractivity contribution in [3.05, 3.63) is 24.5 Å². The highest BCUT2D eigenvalue weighted by atomic mass is 16.5. The summed E-state index contributed by atoms with van der Waals surface area (Å²) in [5.41, 5.74) is 0.661. The number of nitrogens with one attached hydrogen (secondary N) is 3. The number of ether oxygens (including phenoxy) is 2. The summed E-state index contributed by atoms with van der Waals surface area (Å²) in [5.74, 6) is 0.433. The second-order valence-electron chi connectivity index (χ2n) is 5.62. The smallest absolute Gasteiger partial charge is 0.246 e. The van der Waals surface area contributed by atoms with Gasteiger partial charge >= 0.3 is 0 Å². The van der Waals surface area contributed by atoms with E-state index in [0.29, 0.717) is 24.9 Å². The topological polar surface area (TPSA) is 96.9 Å². The number of carbonyl (C=O) groups is 1. The lowest BCUT2D eigenvalue weighted by Gasteiger charge is -2.13. The van der Waals surface area contributed by atoms with Crippen LogP contribution >= 0.6 is 0 Å². The number of aliphatic imine (C=N–C) groups is 1. The SMILES string of the molecule is CCNC(=NCC(=O)Nc1cccnc1)NCCCOC1CCOC1. The molecule has 1 aliphatic rings. The van der Waals surface area contributed by atoms with Gasteiger partial charge in [0, 0.05) is 32.5 Å². The summed E-state index contributed by atoms with van der Waals surface area (Å²) in [5, 5.41) is 9.07. The molecule has 8 nitrogen and oxygen atoms in total. The number of hydrogen-bond donors (Lipinski definition) is 3. The predicted molar refractivity (Wildman–Crippen MR) is 96.6 cm³/mol. The fraction of sp³-hybridized carbons (Fsp3) is 0.588. The Hall–Kier alpha value is -2.19. The summed E-state index contributed by atoms with van der Waals surface area (Å²) in [6.45, 7) is 5.65. The molecule has 1 aliphatic heterocycles. The molecule has 1 atom stereocenters. The maximum absolute atomic E-state index is 11.9. The van der Waals surface area contributed by atoms with Crippen LogP contribution in [0.25, 0.3) is 0 Å². The lowest BCUT2D eigenvalue weighted by Crippen LogP contribution is -2.38. The van der Waals surface area contributed by atoms with Gasteiger partial charge < -0.3 is 25.4 Å². The van der Waals surface area contributed by atoms with Crippen molar-refractivity contribution >= 4 is 17.6 Å². The molecule has 1 saturated heterocycles. The fourth-order valence-corrected chi connectivity index (χ4v) is 2.30. The monoisotopic (exact) mass is 349 g/mol. The quantitative estimate of drug-likeness (QED) is 0.346. The van der Waals surface area contributed by atoms with Crippen LogP contribution < -0.4 is 16.0 Å². The fourth-order valence-electron chi connectivity index (χ4n) is 2.30. The van der Waals surface area contributed by atoms with E-state index in [1.807, 2.05) is 6.92 Å². The maximum Gasteiger partial charge on any atom is 0.246 e. The van der Waals surface area contributed by atoms with Crippen LogP contribution in [0.5, 0.6) is 0 Å². The van der Waals surface area contributed by atoms with Crippen molar-refractivity contribution in [3.63, 3.8) is 0 Å². The van der Waals surface area contributed by atoms with Crippen molar-refractivity contribution in [3.8, 4) is 0 Å². The van der Waals surface area contributed by atoms with Crippen molar-refractivity contribution in [2.45, 2.75) is 25.9 Å². The molecule has 8 heteroatoms. The van der Waals surface area contributed by atoms with Crippen LogP contribution in [0.15, 0.2) is 29.5 Å². The minimum atomic E-state index is -0.185. The second kappa shape index (κ2) is 11.4. The molecule has 1 aromatic rings. The summed E-state index contributed by atoms with van der Waals surface area (Å²) in [4.78, 5) is 20.2. The number of carbonyl (C=O) groups excluding carboxylic acids is 1. The summed E-state index contributed by atoms with van der Waals surface area (Å²) in [7, 11) is 0. The molecule has 0 spiro atoms. The standard InChI is InChI=1S/C17H27N5O3/c1-2-19-17(20-8-4-9-25-15-6-10-24-13-15)21-12-16(23)22-14-5-3-7-18-11-14/h3,5,7,11,15H,2,4,6,8-10,12-13H2,1H3,(H,22,23)(H2,19,20,21). The number of rotatable bonds is 9. The van der Waals surface area contributed by atoms with Crippen LogP contribution in [0.1, 0.15) is 19.8 Å². The first-order valence-electron chi connectivity index (χ1n) is 8.69. The van der Waals surface area contributed by atoms with Gasteiger partial charge in [-0.05, 0) is 31.9 Å². The Bertz CT molecular complexity index is 532. The third kappa shape index (κ3) is 7.95. The molecule has 1 aromatic heterocycles. The number of hydrogen-bond acceptors (Lipinski definition) is 5. The van der Waals surface area contributed by atoms with Gasteiger partial charge in [0.25, 0.3) is 0 Å². The Kier molecular flexibility index (Phi) is 8.71. The van der Waals surface area contributed by atoms with Gasteiger partial charge in [-0.2, -0.15) is 0 Å². The molecule has 0 aromatic carbocycles. The first-order chi connectivity index (χ1) is 12.3. The van der Waals surface area contributed by atoms with Gasteiger partial charge in [-0.1, -0.05) is 0 Å². The average molecular weight is 349 g/mol. The first kappa shape index (κ1) is 19.1. The van der Waals surface area contributed by atoms with E-state index in [2.05, 4.69) is 25.9 Å². The van der Waals surface area contributed by atoms with Crippen LogP contribution in [0.4, 0.5) is 5.69 Å². The van der Waals surface area contributed by atoms with Gasteiger partial charge in [0.05, 0.1) is 24.6 Å². The third-order valence-electron chi connectivity index (χ3n) is 3.53. The van der Waals surface area contributed by atoms with Gasteiger partial charge in [-0.3, -0.25) is 9.78 Å². The summed E-state index contributed by atoms with van der Waals surface area (Å²) in [6, 6.07) is 3.55. The molecule has 1 amide bonds. The average Bonchev–Trinajstić information content (AvgIpc) is 3.13. The van der Waals surface area contributed by atoms with Crippen LogP contribution in [0.3, 0.4) is 0 Å². The van der Waals surface area contributed by atoms with Crippen molar-refractivity contribution in [2.24, 2.45) is 4.99 Å². The third-order valence-corrected chi connectivity index (χ3v) is 3.53. The van der Waals surface area contributed by atoms with E-state index in [0.717, 1.165) is 32.5 Å². The second-order valence-corrected chi connectivity index (χ2v) is 5.62. The van der Waals surface area contributed by atoms with Crippen molar-refractivity contribution in [1.82, 2.24) is 15.6 Å². The zero-order valence-electron chi connectivity index (χ0n) is 14.7. The molecule has 0 aliphatic carbocycles. The Labute approximate surface area is 148 Å². The molecule has 1 unspecified atom stereocenters. The highest BCUT2D eigenvalue weighted by Gasteiger charge is 2.15. The Morgan fingerprint density at radius 2 is 2.40 bits per heavy atom. The van der Waals surface area contributed by atoms with E-state index in [-0.39, 0.29) is 18.6 Å². The molecular weight excluding hydrogens is 322 g/mol. The molecule has 0 radical (unpaired) electrons. The predicted octanol–water partition coefficient (Wildman–Crippen LogP) is 0.771. The zero-order chi connectivity index (χ0) is 17.7. The Balaban J connectivity index is 1.65. The van der Waals surface area contributed by atoms with Crippen LogP contribution in [0.2, 0.25) is 0 Å². The molecule has 3 N–H and O–H groups in total. The van der Waals surface area contributed by atoms with E-state index in [9.17, 15) is 4.79 Å². The highest BCUT2D eigenvalue weighted by Crippen LogP contribution is 2.07. The minimum absolute atomic E-state index is 0.0418. The number of aromatic nitrogens is 1. The number of guanidine groups is 1. The number of pyridine rings is 1. The van der Waals surface area contributed by atoms with Crippen LogP contribution in [0, 0.1) is 0 Å². The van der Waals surface area contributed by atoms with Crippen molar-refractivity contribution < 1.29 is 14.3 Å². The van der Waals surface area contributed by atoms with E-state index in [1.54, 1.807) is 24.5 Å². The normalized spacial score (nSPS) is 17.3. The van der Waals surface area contributed by atoms with Crippen LogP contribution in [-0.2, 0) is 14.3 Å². The van der Waals surface area contributed by atoms with E-state index >= 15 is 0 Å². The van der Waals surface area contributed by atoms with Gasteiger partial charge in [-0.25, -0.2) is 4.99 Å². The lowest BCUT2D eigenvalue weighted by molar-refractivity contribution is -0.114. The summed E-state index contributed by atoms with van der Waals surface area (Å²) >= 11 is 0. The minimum Gasteiger partial charge on any atom is -0.379 e.